The van der Waals surface area contributed by atoms with Crippen LogP contribution < -0.4 is 5.32 Å². The van der Waals surface area contributed by atoms with E-state index in [0.29, 0.717) is 15.7 Å². The van der Waals surface area contributed by atoms with E-state index in [1.165, 1.54) is 16.9 Å². The zero-order valence-corrected chi connectivity index (χ0v) is 17.2. The lowest BCUT2D eigenvalue weighted by Gasteiger charge is -2.03. The molecule has 5 rings (SSSR count). The Morgan fingerprint density at radius 2 is 1.63 bits per heavy atom. The van der Waals surface area contributed by atoms with Gasteiger partial charge in [-0.25, -0.2) is 4.98 Å². The molecule has 2 heterocycles. The average molecular weight is 431 g/mol. The van der Waals surface area contributed by atoms with Crippen LogP contribution in [0.25, 0.3) is 33.4 Å². The minimum absolute atomic E-state index is 0.219. The van der Waals surface area contributed by atoms with Crippen LogP contribution >= 0.6 is 22.9 Å². The second-order valence-corrected chi connectivity index (χ2v) is 8.02. The second kappa shape index (κ2) is 7.78. The normalized spacial score (nSPS) is 11.0. The summed E-state index contributed by atoms with van der Waals surface area (Å²) < 4.78 is 5.61. The van der Waals surface area contributed by atoms with Crippen LogP contribution in [0, 0.1) is 0 Å². The predicted octanol–water partition coefficient (Wildman–Crippen LogP) is 7.13. The fraction of sp³-hybridized carbons (Fsp3) is 0. The third kappa shape index (κ3) is 3.73. The van der Waals surface area contributed by atoms with E-state index in [1.807, 2.05) is 35.7 Å². The number of amides is 1. The smallest absolute Gasteiger partial charge is 0.293 e. The van der Waals surface area contributed by atoms with E-state index in [9.17, 15) is 4.79 Å². The fourth-order valence-electron chi connectivity index (χ4n) is 3.21. The Kier molecular flexibility index (Phi) is 4.83. The first-order chi connectivity index (χ1) is 14.7. The molecular weight excluding hydrogens is 416 g/mol. The lowest BCUT2D eigenvalue weighted by Crippen LogP contribution is -2.10. The van der Waals surface area contributed by atoms with Gasteiger partial charge in [0.1, 0.15) is 5.58 Å². The standard InChI is InChI=1S/C24H15ClN2O2S/c25-19-10-11-21-18(12-19)13-22(29-21)23(28)27-24-26-20(14-30-24)17-8-6-16(7-9-17)15-4-2-1-3-5-15/h1-14H,(H,26,27,28). The Morgan fingerprint density at radius 3 is 2.43 bits per heavy atom. The van der Waals surface area contributed by atoms with E-state index in [1.54, 1.807) is 24.3 Å². The van der Waals surface area contributed by atoms with E-state index < -0.39 is 0 Å². The van der Waals surface area contributed by atoms with Crippen LogP contribution in [0.1, 0.15) is 10.6 Å². The molecule has 146 valence electrons. The number of aromatic nitrogens is 1. The zero-order chi connectivity index (χ0) is 20.5. The van der Waals surface area contributed by atoms with Crippen molar-refractivity contribution in [3.05, 3.63) is 95.0 Å². The van der Waals surface area contributed by atoms with Crippen LogP contribution in [0.4, 0.5) is 5.13 Å². The maximum absolute atomic E-state index is 12.5. The highest BCUT2D eigenvalue weighted by Gasteiger charge is 2.15. The number of hydrogen-bond donors (Lipinski definition) is 1. The molecular formula is C24H15ClN2O2S. The highest BCUT2D eigenvalue weighted by Crippen LogP contribution is 2.29. The fourth-order valence-corrected chi connectivity index (χ4v) is 4.11. The van der Waals surface area contributed by atoms with Crippen LogP contribution in [0.3, 0.4) is 0 Å². The van der Waals surface area contributed by atoms with Crippen molar-refractivity contribution in [1.29, 1.82) is 0 Å². The van der Waals surface area contributed by atoms with E-state index in [2.05, 4.69) is 34.6 Å². The molecule has 0 aliphatic heterocycles. The van der Waals surface area contributed by atoms with E-state index >= 15 is 0 Å². The summed E-state index contributed by atoms with van der Waals surface area (Å²) in [7, 11) is 0. The van der Waals surface area contributed by atoms with Crippen LogP contribution in [0.15, 0.2) is 88.7 Å². The average Bonchev–Trinajstić information content (AvgIpc) is 3.41. The highest BCUT2D eigenvalue weighted by atomic mass is 35.5. The number of nitrogens with one attached hydrogen (secondary N) is 1. The maximum atomic E-state index is 12.5. The van der Waals surface area contributed by atoms with E-state index in [-0.39, 0.29) is 11.7 Å². The van der Waals surface area contributed by atoms with Gasteiger partial charge in [-0.3, -0.25) is 10.1 Å². The summed E-state index contributed by atoms with van der Waals surface area (Å²) in [4.78, 5) is 17.1. The molecule has 0 spiro atoms. The van der Waals surface area contributed by atoms with Crippen LogP contribution in [-0.2, 0) is 0 Å². The quantitative estimate of drug-likeness (QED) is 0.330. The summed E-state index contributed by atoms with van der Waals surface area (Å²) in [5.74, 6) is -0.126. The summed E-state index contributed by atoms with van der Waals surface area (Å²) in [5.41, 5.74) is 4.73. The van der Waals surface area contributed by atoms with Crippen molar-refractivity contribution in [1.82, 2.24) is 4.98 Å². The van der Waals surface area contributed by atoms with Gasteiger partial charge in [-0.05, 0) is 35.4 Å². The SMILES string of the molecule is O=C(Nc1nc(-c2ccc(-c3ccccc3)cc2)cs1)c1cc2cc(Cl)ccc2o1. The van der Waals surface area contributed by atoms with Crippen molar-refractivity contribution >= 4 is 44.9 Å². The predicted molar refractivity (Wildman–Crippen MR) is 122 cm³/mol. The summed E-state index contributed by atoms with van der Waals surface area (Å²) >= 11 is 7.36. The summed E-state index contributed by atoms with van der Waals surface area (Å²) in [6, 6.07) is 25.3. The lowest BCUT2D eigenvalue weighted by molar-refractivity contribution is 0.0998. The Bertz CT molecular complexity index is 1340. The Hall–Kier alpha value is -3.41. The molecule has 0 radical (unpaired) electrons. The molecule has 0 saturated carbocycles. The summed E-state index contributed by atoms with van der Waals surface area (Å²) in [6.45, 7) is 0. The van der Waals surface area contributed by atoms with Crippen LogP contribution in [0.2, 0.25) is 5.02 Å². The molecule has 2 aromatic heterocycles. The number of thiazole rings is 1. The number of halogens is 1. The van der Waals surface area contributed by atoms with Gasteiger partial charge in [-0.1, -0.05) is 66.2 Å². The topological polar surface area (TPSA) is 55.1 Å². The summed E-state index contributed by atoms with van der Waals surface area (Å²) in [5, 5.41) is 6.62. The first-order valence-electron chi connectivity index (χ1n) is 9.27. The number of furan rings is 1. The molecule has 0 aliphatic carbocycles. The lowest BCUT2D eigenvalue weighted by atomic mass is 10.0. The Balaban J connectivity index is 1.33. The molecule has 1 N–H and O–H groups in total. The molecule has 3 aromatic carbocycles. The molecule has 0 aliphatic rings. The number of carbonyl (C=O) groups excluding carboxylic acids is 1. The van der Waals surface area contributed by atoms with Gasteiger partial charge >= 0.3 is 0 Å². The number of carbonyl (C=O) groups is 1. The number of fused-ring (bicyclic) bond motifs is 1. The first kappa shape index (κ1) is 18.6. The molecule has 1 amide bonds. The van der Waals surface area contributed by atoms with Gasteiger partial charge in [0, 0.05) is 21.4 Å². The monoisotopic (exact) mass is 430 g/mol. The second-order valence-electron chi connectivity index (χ2n) is 6.73. The molecule has 0 atom stereocenters. The third-order valence-corrected chi connectivity index (χ3v) is 5.71. The highest BCUT2D eigenvalue weighted by molar-refractivity contribution is 7.14. The molecule has 6 heteroatoms. The van der Waals surface area contributed by atoms with Gasteiger partial charge in [0.05, 0.1) is 5.69 Å². The zero-order valence-electron chi connectivity index (χ0n) is 15.6. The van der Waals surface area contributed by atoms with Crippen molar-refractivity contribution in [2.75, 3.05) is 5.32 Å². The van der Waals surface area contributed by atoms with Crippen molar-refractivity contribution in [2.45, 2.75) is 0 Å². The Labute approximate surface area is 181 Å². The molecule has 0 saturated heterocycles. The van der Waals surface area contributed by atoms with Crippen molar-refractivity contribution in [2.24, 2.45) is 0 Å². The molecule has 0 bridgehead atoms. The molecule has 0 fully saturated rings. The number of benzene rings is 3. The van der Waals surface area contributed by atoms with Crippen molar-refractivity contribution in [3.8, 4) is 22.4 Å². The largest absolute Gasteiger partial charge is 0.451 e. The van der Waals surface area contributed by atoms with Crippen LogP contribution in [0.5, 0.6) is 0 Å². The first-order valence-corrected chi connectivity index (χ1v) is 10.5. The number of hydrogen-bond acceptors (Lipinski definition) is 4. The Morgan fingerprint density at radius 1 is 0.900 bits per heavy atom. The molecule has 4 nitrogen and oxygen atoms in total. The summed E-state index contributed by atoms with van der Waals surface area (Å²) in [6.07, 6.45) is 0. The number of anilines is 1. The number of rotatable bonds is 4. The van der Waals surface area contributed by atoms with Gasteiger partial charge in [-0.2, -0.15) is 0 Å². The van der Waals surface area contributed by atoms with Gasteiger partial charge in [0.15, 0.2) is 10.9 Å². The molecule has 5 aromatic rings. The van der Waals surface area contributed by atoms with E-state index in [4.69, 9.17) is 16.0 Å². The van der Waals surface area contributed by atoms with Gasteiger partial charge in [-0.15, -0.1) is 11.3 Å². The van der Waals surface area contributed by atoms with Gasteiger partial charge < -0.3 is 4.42 Å². The minimum Gasteiger partial charge on any atom is -0.451 e. The van der Waals surface area contributed by atoms with Gasteiger partial charge in [0.2, 0.25) is 0 Å². The molecule has 30 heavy (non-hydrogen) atoms. The van der Waals surface area contributed by atoms with Crippen molar-refractivity contribution < 1.29 is 9.21 Å². The number of nitrogens with zero attached hydrogens (tertiary/aromatic N) is 1. The molecule has 0 unspecified atom stereocenters. The van der Waals surface area contributed by atoms with Crippen LogP contribution in [-0.4, -0.2) is 10.9 Å². The third-order valence-electron chi connectivity index (χ3n) is 4.71. The minimum atomic E-state index is -0.345. The maximum Gasteiger partial charge on any atom is 0.293 e. The van der Waals surface area contributed by atoms with Gasteiger partial charge in [0.25, 0.3) is 5.91 Å². The van der Waals surface area contributed by atoms with E-state index in [0.717, 1.165) is 22.2 Å². The van der Waals surface area contributed by atoms with Crippen molar-refractivity contribution in [3.63, 3.8) is 0 Å².